The van der Waals surface area contributed by atoms with Gasteiger partial charge in [0.15, 0.2) is 11.5 Å². The van der Waals surface area contributed by atoms with Crippen molar-refractivity contribution in [3.05, 3.63) is 29.5 Å². The van der Waals surface area contributed by atoms with E-state index in [4.69, 9.17) is 15.2 Å². The fraction of sp³-hybridized carbons (Fsp3) is 0.231. The van der Waals surface area contributed by atoms with Crippen molar-refractivity contribution < 1.29 is 14.3 Å². The smallest absolute Gasteiger partial charge is 0.356 e. The van der Waals surface area contributed by atoms with Crippen LogP contribution < -0.4 is 10.5 Å². The van der Waals surface area contributed by atoms with E-state index in [0.717, 1.165) is 16.9 Å². The van der Waals surface area contributed by atoms with E-state index >= 15 is 0 Å². The summed E-state index contributed by atoms with van der Waals surface area (Å²) in [5.74, 6) is 0.517. The van der Waals surface area contributed by atoms with Crippen molar-refractivity contribution in [3.8, 4) is 16.9 Å². The molecule has 1 aromatic carbocycles. The Bertz CT molecular complexity index is 620. The first-order chi connectivity index (χ1) is 9.08. The zero-order chi connectivity index (χ0) is 14.0. The molecule has 6 heteroatoms. The normalized spacial score (nSPS) is 10.3. The van der Waals surface area contributed by atoms with E-state index in [9.17, 15) is 4.79 Å². The number of aryl methyl sites for hydroxylation is 1. The molecule has 19 heavy (non-hydrogen) atoms. The third-order valence-corrected chi connectivity index (χ3v) is 2.87. The first-order valence-corrected chi connectivity index (χ1v) is 5.65. The maximum Gasteiger partial charge on any atom is 0.356 e. The van der Waals surface area contributed by atoms with Crippen molar-refractivity contribution in [2.45, 2.75) is 6.92 Å². The predicted molar refractivity (Wildman–Crippen MR) is 71.1 cm³/mol. The molecule has 0 amide bonds. The molecule has 0 saturated heterocycles. The summed E-state index contributed by atoms with van der Waals surface area (Å²) >= 11 is 0. The van der Waals surface area contributed by atoms with E-state index in [2.05, 4.69) is 10.2 Å². The van der Waals surface area contributed by atoms with Gasteiger partial charge < -0.3 is 15.2 Å². The predicted octanol–water partition coefficient (Wildman–Crippen LogP) is 1.76. The van der Waals surface area contributed by atoms with Crippen LogP contribution in [0.2, 0.25) is 0 Å². The molecule has 0 radical (unpaired) electrons. The molecule has 2 rings (SSSR count). The maximum atomic E-state index is 11.7. The van der Waals surface area contributed by atoms with Gasteiger partial charge in [-0.05, 0) is 30.2 Å². The van der Waals surface area contributed by atoms with Gasteiger partial charge in [0, 0.05) is 0 Å². The average Bonchev–Trinajstić information content (AvgIpc) is 2.79. The fourth-order valence-electron chi connectivity index (χ4n) is 1.93. The van der Waals surface area contributed by atoms with Crippen molar-refractivity contribution in [1.82, 2.24) is 10.2 Å². The molecule has 1 aromatic heterocycles. The molecule has 0 bridgehead atoms. The second-order valence-electron chi connectivity index (χ2n) is 4.03. The average molecular weight is 261 g/mol. The van der Waals surface area contributed by atoms with Gasteiger partial charge in [-0.1, -0.05) is 6.07 Å². The van der Waals surface area contributed by atoms with Gasteiger partial charge in [-0.25, -0.2) is 4.79 Å². The van der Waals surface area contributed by atoms with Crippen molar-refractivity contribution in [2.75, 3.05) is 20.0 Å². The summed E-state index contributed by atoms with van der Waals surface area (Å²) in [5.41, 5.74) is 8.31. The van der Waals surface area contributed by atoms with Gasteiger partial charge in [0.05, 0.1) is 19.8 Å². The van der Waals surface area contributed by atoms with Crippen LogP contribution in [0.5, 0.6) is 5.75 Å². The third kappa shape index (κ3) is 2.24. The van der Waals surface area contributed by atoms with Crippen LogP contribution in [0, 0.1) is 6.92 Å². The Balaban J connectivity index is 2.55. The number of methoxy groups -OCH3 is 2. The van der Waals surface area contributed by atoms with E-state index in [0.29, 0.717) is 5.56 Å². The summed E-state index contributed by atoms with van der Waals surface area (Å²) in [7, 11) is 2.91. The first kappa shape index (κ1) is 12.9. The van der Waals surface area contributed by atoms with Gasteiger partial charge in [0.2, 0.25) is 0 Å². The number of nitrogen functional groups attached to an aromatic ring is 1. The van der Waals surface area contributed by atoms with Crippen molar-refractivity contribution in [1.29, 1.82) is 0 Å². The number of nitrogens with two attached hydrogens (primary N) is 1. The Morgan fingerprint density at radius 3 is 2.68 bits per heavy atom. The number of aromatic amines is 1. The highest BCUT2D eigenvalue weighted by Gasteiger charge is 2.20. The molecule has 2 aromatic rings. The SMILES string of the molecule is COC(=O)c1[nH]nc(N)c1-c1ccc(OC)c(C)c1. The second-order valence-corrected chi connectivity index (χ2v) is 4.03. The lowest BCUT2D eigenvalue weighted by atomic mass is 10.0. The molecule has 1 heterocycles. The van der Waals surface area contributed by atoms with Crippen LogP contribution in [0.25, 0.3) is 11.1 Å². The van der Waals surface area contributed by atoms with Crippen LogP contribution in [0.4, 0.5) is 5.82 Å². The largest absolute Gasteiger partial charge is 0.496 e. The summed E-state index contributed by atoms with van der Waals surface area (Å²) in [6.07, 6.45) is 0. The molecule has 0 aliphatic carbocycles. The maximum absolute atomic E-state index is 11.7. The highest BCUT2D eigenvalue weighted by molar-refractivity contribution is 5.98. The van der Waals surface area contributed by atoms with Gasteiger partial charge in [0.25, 0.3) is 0 Å². The van der Waals surface area contributed by atoms with Gasteiger partial charge in [-0.2, -0.15) is 5.10 Å². The molecule has 0 atom stereocenters. The van der Waals surface area contributed by atoms with Gasteiger partial charge in [0.1, 0.15) is 5.75 Å². The van der Waals surface area contributed by atoms with E-state index in [-0.39, 0.29) is 11.5 Å². The molecule has 0 aliphatic heterocycles. The number of nitrogens with one attached hydrogen (secondary N) is 1. The first-order valence-electron chi connectivity index (χ1n) is 5.65. The van der Waals surface area contributed by atoms with E-state index in [1.807, 2.05) is 25.1 Å². The van der Waals surface area contributed by atoms with E-state index < -0.39 is 5.97 Å². The summed E-state index contributed by atoms with van der Waals surface area (Å²) in [5, 5.41) is 6.45. The second kappa shape index (κ2) is 5.01. The minimum atomic E-state index is -0.507. The van der Waals surface area contributed by atoms with Crippen LogP contribution in [0.1, 0.15) is 16.1 Å². The molecule has 0 fully saturated rings. The number of H-pyrrole nitrogens is 1. The third-order valence-electron chi connectivity index (χ3n) is 2.87. The van der Waals surface area contributed by atoms with Crippen LogP contribution in [0.15, 0.2) is 18.2 Å². The molecule has 0 aliphatic rings. The van der Waals surface area contributed by atoms with Crippen molar-refractivity contribution in [3.63, 3.8) is 0 Å². The number of anilines is 1. The van der Waals surface area contributed by atoms with Crippen LogP contribution in [-0.2, 0) is 4.74 Å². The van der Waals surface area contributed by atoms with Gasteiger partial charge in [-0.15, -0.1) is 0 Å². The number of hydrogen-bond acceptors (Lipinski definition) is 5. The lowest BCUT2D eigenvalue weighted by Gasteiger charge is -2.08. The Labute approximate surface area is 110 Å². The number of ether oxygens (including phenoxy) is 2. The van der Waals surface area contributed by atoms with Crippen LogP contribution in [0.3, 0.4) is 0 Å². The highest BCUT2D eigenvalue weighted by Crippen LogP contribution is 2.31. The standard InChI is InChI=1S/C13H15N3O3/c1-7-6-8(4-5-9(7)18-2)10-11(13(17)19-3)15-16-12(10)14/h4-6H,1-3H3,(H3,14,15,16). The van der Waals surface area contributed by atoms with E-state index in [1.54, 1.807) is 7.11 Å². The number of carbonyl (C=O) groups is 1. The lowest BCUT2D eigenvalue weighted by Crippen LogP contribution is -2.04. The summed E-state index contributed by atoms with van der Waals surface area (Å²) in [6, 6.07) is 5.52. The number of nitrogens with zero attached hydrogens (tertiary/aromatic N) is 1. The monoisotopic (exact) mass is 261 g/mol. The molecule has 0 unspecified atom stereocenters. The Kier molecular flexibility index (Phi) is 3.41. The molecule has 6 nitrogen and oxygen atoms in total. The topological polar surface area (TPSA) is 90.2 Å². The Hall–Kier alpha value is -2.50. The molecule has 0 saturated carbocycles. The highest BCUT2D eigenvalue weighted by atomic mass is 16.5. The van der Waals surface area contributed by atoms with Crippen molar-refractivity contribution >= 4 is 11.8 Å². The number of carbonyl (C=O) groups excluding carboxylic acids is 1. The summed E-state index contributed by atoms with van der Waals surface area (Å²) < 4.78 is 9.90. The molecule has 3 N–H and O–H groups in total. The lowest BCUT2D eigenvalue weighted by molar-refractivity contribution is 0.0595. The molecular formula is C13H15N3O3. The Morgan fingerprint density at radius 1 is 1.37 bits per heavy atom. The fourth-order valence-corrected chi connectivity index (χ4v) is 1.93. The number of hydrogen-bond donors (Lipinski definition) is 2. The molecule has 0 spiro atoms. The minimum Gasteiger partial charge on any atom is -0.496 e. The minimum absolute atomic E-state index is 0.240. The zero-order valence-electron chi connectivity index (χ0n) is 11.0. The molecule has 100 valence electrons. The Morgan fingerprint density at radius 2 is 2.11 bits per heavy atom. The van der Waals surface area contributed by atoms with Crippen molar-refractivity contribution in [2.24, 2.45) is 0 Å². The molecular weight excluding hydrogens is 246 g/mol. The van der Waals surface area contributed by atoms with Gasteiger partial charge >= 0.3 is 5.97 Å². The number of esters is 1. The van der Waals surface area contributed by atoms with Gasteiger partial charge in [-0.3, -0.25) is 5.10 Å². The van der Waals surface area contributed by atoms with Crippen LogP contribution in [-0.4, -0.2) is 30.4 Å². The number of rotatable bonds is 3. The summed E-state index contributed by atoms with van der Waals surface area (Å²) in [4.78, 5) is 11.7. The quantitative estimate of drug-likeness (QED) is 0.822. The van der Waals surface area contributed by atoms with E-state index in [1.165, 1.54) is 7.11 Å². The van der Waals surface area contributed by atoms with Crippen LogP contribution >= 0.6 is 0 Å². The number of benzene rings is 1. The zero-order valence-corrected chi connectivity index (χ0v) is 11.0. The summed E-state index contributed by atoms with van der Waals surface area (Å²) in [6.45, 7) is 1.91. The number of aromatic nitrogens is 2.